The lowest BCUT2D eigenvalue weighted by molar-refractivity contribution is -0.0294. The smallest absolute Gasteiger partial charge is 0.276 e. The molecule has 1 aromatic rings. The van der Waals surface area contributed by atoms with Crippen molar-refractivity contribution in [3.05, 3.63) is 16.7 Å². The largest absolute Gasteiger partial charge is 0.394 e. The van der Waals surface area contributed by atoms with E-state index in [2.05, 4.69) is 20.2 Å². The lowest BCUT2D eigenvalue weighted by atomic mass is 10.1. The Kier molecular flexibility index (Phi) is 4.38. The van der Waals surface area contributed by atoms with Crippen molar-refractivity contribution in [2.75, 3.05) is 29.9 Å². The van der Waals surface area contributed by atoms with Gasteiger partial charge in [-0.3, -0.25) is 14.6 Å². The van der Waals surface area contributed by atoms with Crippen LogP contribution in [0.1, 0.15) is 19.3 Å². The Hall–Kier alpha value is -1.72. The minimum Gasteiger partial charge on any atom is -0.394 e. The van der Waals surface area contributed by atoms with Gasteiger partial charge in [-0.25, -0.2) is 4.98 Å². The molecule has 0 saturated carbocycles. The topological polar surface area (TPSA) is 134 Å². The first-order valence-corrected chi connectivity index (χ1v) is 8.61. The minimum atomic E-state index is -1.22. The van der Waals surface area contributed by atoms with Crippen LogP contribution in [0.25, 0.3) is 0 Å². The molecule has 0 bridgehead atoms. The van der Waals surface area contributed by atoms with E-state index in [4.69, 9.17) is 4.74 Å². The van der Waals surface area contributed by atoms with E-state index in [1.165, 1.54) is 6.33 Å². The van der Waals surface area contributed by atoms with Gasteiger partial charge < -0.3 is 30.4 Å². The highest BCUT2D eigenvalue weighted by Crippen LogP contribution is 2.37. The molecule has 4 heterocycles. The zero-order valence-corrected chi connectivity index (χ0v) is 13.7. The maximum atomic E-state index is 12.2. The van der Waals surface area contributed by atoms with Crippen LogP contribution < -0.4 is 15.8 Å². The molecule has 2 fully saturated rings. The number of aliphatic hydroxyl groups is 3. The van der Waals surface area contributed by atoms with Gasteiger partial charge in [0.2, 0.25) is 0 Å². The number of nitrogens with one attached hydrogen (secondary N) is 2. The maximum Gasteiger partial charge on any atom is 0.276 e. The fourth-order valence-electron chi connectivity index (χ4n) is 3.83. The molecular formula is C15H23N5O5. The molecule has 0 aliphatic carbocycles. The number of rotatable bonds is 3. The molecule has 3 aliphatic heterocycles. The third-order valence-electron chi connectivity index (χ3n) is 5.14. The van der Waals surface area contributed by atoms with E-state index >= 15 is 0 Å². The van der Waals surface area contributed by atoms with Crippen LogP contribution in [-0.2, 0) is 4.74 Å². The van der Waals surface area contributed by atoms with Crippen molar-refractivity contribution >= 4 is 11.5 Å². The van der Waals surface area contributed by atoms with Gasteiger partial charge in [0.15, 0.2) is 18.3 Å². The van der Waals surface area contributed by atoms with E-state index in [0.29, 0.717) is 11.5 Å². The summed E-state index contributed by atoms with van der Waals surface area (Å²) < 4.78 is 5.69. The molecule has 25 heavy (non-hydrogen) atoms. The van der Waals surface area contributed by atoms with Gasteiger partial charge in [-0.1, -0.05) is 6.42 Å². The van der Waals surface area contributed by atoms with E-state index in [9.17, 15) is 20.1 Å². The average Bonchev–Trinajstić information content (AvgIpc) is 3.15. The summed E-state index contributed by atoms with van der Waals surface area (Å²) in [7, 11) is 0. The molecule has 4 rings (SSSR count). The van der Waals surface area contributed by atoms with Gasteiger partial charge in [-0.15, -0.1) is 0 Å². The quantitative estimate of drug-likeness (QED) is 0.427. The number of piperidine rings is 1. The first-order valence-electron chi connectivity index (χ1n) is 8.61. The predicted octanol–water partition coefficient (Wildman–Crippen LogP) is -1.79. The van der Waals surface area contributed by atoms with Crippen molar-refractivity contribution in [3.8, 4) is 0 Å². The Bertz CT molecular complexity index is 679. The van der Waals surface area contributed by atoms with Crippen LogP contribution in [0.2, 0.25) is 0 Å². The minimum absolute atomic E-state index is 0.304. The summed E-state index contributed by atoms with van der Waals surface area (Å²) in [6, 6.07) is 0. The Labute approximate surface area is 144 Å². The number of aromatic nitrogens is 2. The van der Waals surface area contributed by atoms with Gasteiger partial charge in [0.05, 0.1) is 12.9 Å². The molecule has 0 aromatic carbocycles. The van der Waals surface area contributed by atoms with Gasteiger partial charge >= 0.3 is 0 Å². The summed E-state index contributed by atoms with van der Waals surface area (Å²) in [5.74, 6) is 0.370. The van der Waals surface area contributed by atoms with Crippen molar-refractivity contribution in [2.24, 2.45) is 0 Å². The number of ether oxygens (including phenoxy) is 1. The Balaban J connectivity index is 1.71. The highest BCUT2D eigenvalue weighted by molar-refractivity contribution is 5.71. The Morgan fingerprint density at radius 2 is 2.00 bits per heavy atom. The summed E-state index contributed by atoms with van der Waals surface area (Å²) in [6.07, 6.45) is -0.0879. The van der Waals surface area contributed by atoms with Crippen LogP contribution in [0.5, 0.6) is 0 Å². The second-order valence-electron chi connectivity index (χ2n) is 6.68. The number of nitrogens with zero attached hydrogens (tertiary/aromatic N) is 3. The zero-order valence-electron chi connectivity index (χ0n) is 13.7. The predicted molar refractivity (Wildman–Crippen MR) is 87.9 cm³/mol. The van der Waals surface area contributed by atoms with E-state index in [0.717, 1.165) is 32.4 Å². The zero-order chi connectivity index (χ0) is 17.6. The average molecular weight is 353 g/mol. The number of aromatic amines is 1. The van der Waals surface area contributed by atoms with E-state index in [1.807, 2.05) is 0 Å². The van der Waals surface area contributed by atoms with Crippen LogP contribution >= 0.6 is 0 Å². The van der Waals surface area contributed by atoms with Gasteiger partial charge in [-0.05, 0) is 12.8 Å². The highest BCUT2D eigenvalue weighted by atomic mass is 16.6. The number of likely N-dealkylation sites (tertiary alicyclic amines) is 1. The van der Waals surface area contributed by atoms with E-state index in [-0.39, 0.29) is 5.56 Å². The fraction of sp³-hybridized carbons (Fsp3) is 0.733. The van der Waals surface area contributed by atoms with Crippen molar-refractivity contribution < 1.29 is 20.1 Å². The molecule has 5 atom stereocenters. The summed E-state index contributed by atoms with van der Waals surface area (Å²) in [5, 5.41) is 33.1. The molecule has 0 radical (unpaired) electrons. The molecule has 10 heteroatoms. The van der Waals surface area contributed by atoms with Crippen molar-refractivity contribution in [1.82, 2.24) is 14.9 Å². The lowest BCUT2D eigenvalue weighted by Gasteiger charge is -2.40. The van der Waals surface area contributed by atoms with Crippen LogP contribution in [0.4, 0.5) is 11.5 Å². The SMILES string of the molecule is O=c1[nH]cnc2c1NC(N1CCCCC1)N2C1OC(CO)C(O)C1O. The fourth-order valence-corrected chi connectivity index (χ4v) is 3.83. The van der Waals surface area contributed by atoms with Gasteiger partial charge in [0, 0.05) is 13.1 Å². The highest BCUT2D eigenvalue weighted by Gasteiger charge is 2.51. The van der Waals surface area contributed by atoms with Gasteiger partial charge in [0.1, 0.15) is 24.0 Å². The molecule has 1 aromatic heterocycles. The second-order valence-corrected chi connectivity index (χ2v) is 6.68. The summed E-state index contributed by atoms with van der Waals surface area (Å²) in [4.78, 5) is 22.8. The van der Waals surface area contributed by atoms with E-state index < -0.39 is 37.4 Å². The van der Waals surface area contributed by atoms with Crippen LogP contribution in [-0.4, -0.2) is 80.7 Å². The molecule has 138 valence electrons. The lowest BCUT2D eigenvalue weighted by Crippen LogP contribution is -2.58. The van der Waals surface area contributed by atoms with Crippen LogP contribution in [0.15, 0.2) is 11.1 Å². The first kappa shape index (κ1) is 16.7. The number of hydrogen-bond donors (Lipinski definition) is 5. The number of H-pyrrole nitrogens is 1. The Morgan fingerprint density at radius 1 is 1.24 bits per heavy atom. The normalized spacial score (nSPS) is 35.6. The van der Waals surface area contributed by atoms with Crippen molar-refractivity contribution in [1.29, 1.82) is 0 Å². The molecule has 5 N–H and O–H groups in total. The molecule has 2 saturated heterocycles. The number of hydrogen-bond acceptors (Lipinski definition) is 9. The standard InChI is InChI=1S/C15H23N5O5/c21-6-8-10(22)11(23)14(25-8)20-12-9(13(24)17-7-16-12)18-15(20)19-4-2-1-3-5-19/h7-8,10-11,14-15,18,21-23H,1-6H2,(H,16,17,24). The number of fused-ring (bicyclic) bond motifs is 1. The monoisotopic (exact) mass is 353 g/mol. The number of aliphatic hydroxyl groups excluding tert-OH is 3. The van der Waals surface area contributed by atoms with E-state index in [1.54, 1.807) is 4.90 Å². The summed E-state index contributed by atoms with van der Waals surface area (Å²) in [5.41, 5.74) is 0.0112. The molecule has 5 unspecified atom stereocenters. The van der Waals surface area contributed by atoms with Crippen LogP contribution in [0, 0.1) is 0 Å². The molecule has 10 nitrogen and oxygen atoms in total. The summed E-state index contributed by atoms with van der Waals surface area (Å²) in [6.45, 7) is 1.28. The van der Waals surface area contributed by atoms with Crippen molar-refractivity contribution in [3.63, 3.8) is 0 Å². The second kappa shape index (κ2) is 6.54. The van der Waals surface area contributed by atoms with Crippen molar-refractivity contribution in [2.45, 2.75) is 50.1 Å². The summed E-state index contributed by atoms with van der Waals surface area (Å²) >= 11 is 0. The molecule has 3 aliphatic rings. The van der Waals surface area contributed by atoms with Gasteiger partial charge in [0.25, 0.3) is 5.56 Å². The Morgan fingerprint density at radius 3 is 2.68 bits per heavy atom. The third kappa shape index (κ3) is 2.70. The van der Waals surface area contributed by atoms with Crippen LogP contribution in [0.3, 0.4) is 0 Å². The molecular weight excluding hydrogens is 330 g/mol. The van der Waals surface area contributed by atoms with Gasteiger partial charge in [-0.2, -0.15) is 0 Å². The first-order chi connectivity index (χ1) is 12.1. The third-order valence-corrected chi connectivity index (χ3v) is 5.14. The molecule has 0 spiro atoms. The maximum absolute atomic E-state index is 12.2. The molecule has 0 amide bonds. The number of anilines is 2.